The van der Waals surface area contributed by atoms with Crippen LogP contribution in [0.2, 0.25) is 0 Å². The smallest absolute Gasteiger partial charge is 0.475 e. The molecule has 2 aliphatic rings. The average molecular weight is 493 g/mol. The summed E-state index contributed by atoms with van der Waals surface area (Å²) in [5.41, 5.74) is 11.6. The second-order valence-corrected chi connectivity index (χ2v) is 9.35. The molecular weight excluding hydrogens is 457 g/mol. The van der Waals surface area contributed by atoms with Crippen molar-refractivity contribution in [3.05, 3.63) is 59.7 Å². The van der Waals surface area contributed by atoms with Crippen LogP contribution in [-0.4, -0.2) is 84.3 Å². The van der Waals surface area contributed by atoms with E-state index in [-0.39, 0.29) is 0 Å². The lowest BCUT2D eigenvalue weighted by Gasteiger charge is -2.32. The Labute approximate surface area is 205 Å². The number of hydrogen-bond donors (Lipinski definition) is 2. The largest absolute Gasteiger partial charge is 0.490 e. The van der Waals surface area contributed by atoms with E-state index >= 15 is 0 Å². The van der Waals surface area contributed by atoms with Crippen molar-refractivity contribution in [3.63, 3.8) is 0 Å². The van der Waals surface area contributed by atoms with Crippen LogP contribution < -0.4 is 5.73 Å². The molecule has 0 amide bonds. The number of alkyl halides is 3. The normalized spacial score (nSPS) is 18.7. The summed E-state index contributed by atoms with van der Waals surface area (Å²) in [6, 6.07) is 18.5. The molecule has 9 heteroatoms. The molecule has 0 bridgehead atoms. The first kappa shape index (κ1) is 27.1. The minimum absolute atomic E-state index is 0.399. The fraction of sp³-hybridized carbons (Fsp3) is 0.500. The molecular formula is C26H35F3N4O2. The Bertz CT molecular complexity index is 936. The Kier molecular flexibility index (Phi) is 9.68. The minimum Gasteiger partial charge on any atom is -0.475 e. The van der Waals surface area contributed by atoms with Crippen molar-refractivity contribution in [2.45, 2.75) is 38.1 Å². The molecule has 35 heavy (non-hydrogen) atoms. The van der Waals surface area contributed by atoms with E-state index in [0.29, 0.717) is 6.04 Å². The monoisotopic (exact) mass is 492 g/mol. The highest BCUT2D eigenvalue weighted by Crippen LogP contribution is 2.26. The van der Waals surface area contributed by atoms with E-state index in [4.69, 9.17) is 15.6 Å². The summed E-state index contributed by atoms with van der Waals surface area (Å²) in [6.45, 7) is 8.96. The van der Waals surface area contributed by atoms with E-state index in [1.54, 1.807) is 0 Å². The molecule has 2 aromatic carbocycles. The summed E-state index contributed by atoms with van der Waals surface area (Å²) in [7, 11) is 2.21. The number of carbonyl (C=O) groups is 1. The van der Waals surface area contributed by atoms with Gasteiger partial charge in [0.1, 0.15) is 0 Å². The van der Waals surface area contributed by atoms with Crippen LogP contribution in [0.1, 0.15) is 24.0 Å². The van der Waals surface area contributed by atoms with Crippen LogP contribution >= 0.6 is 0 Å². The summed E-state index contributed by atoms with van der Waals surface area (Å²) in [5, 5.41) is 7.12. The molecule has 192 valence electrons. The Hall–Kier alpha value is -2.46. The molecule has 3 N–H and O–H groups in total. The Morgan fingerprint density at radius 1 is 0.914 bits per heavy atom. The third-order valence-electron chi connectivity index (χ3n) is 6.55. The van der Waals surface area contributed by atoms with Crippen molar-refractivity contribution in [1.29, 1.82) is 0 Å². The van der Waals surface area contributed by atoms with Crippen molar-refractivity contribution >= 4 is 5.97 Å². The zero-order chi connectivity index (χ0) is 25.4. The summed E-state index contributed by atoms with van der Waals surface area (Å²) < 4.78 is 31.7. The lowest BCUT2D eigenvalue weighted by molar-refractivity contribution is -0.192. The Balaban J connectivity index is 0.000000429. The van der Waals surface area contributed by atoms with Crippen molar-refractivity contribution in [3.8, 4) is 11.1 Å². The van der Waals surface area contributed by atoms with E-state index in [1.165, 1.54) is 22.3 Å². The number of rotatable bonds is 5. The predicted octanol–water partition coefficient (Wildman–Crippen LogP) is 3.66. The molecule has 2 fully saturated rings. The molecule has 0 atom stereocenters. The van der Waals surface area contributed by atoms with Gasteiger partial charge in [-0.05, 0) is 55.2 Å². The summed E-state index contributed by atoms with van der Waals surface area (Å²) >= 11 is 0. The first-order valence-corrected chi connectivity index (χ1v) is 12.0. The van der Waals surface area contributed by atoms with Gasteiger partial charge >= 0.3 is 12.1 Å². The zero-order valence-corrected chi connectivity index (χ0v) is 20.2. The van der Waals surface area contributed by atoms with Crippen LogP contribution in [0.5, 0.6) is 0 Å². The maximum Gasteiger partial charge on any atom is 0.490 e. The van der Waals surface area contributed by atoms with E-state index in [9.17, 15) is 13.2 Å². The van der Waals surface area contributed by atoms with E-state index in [0.717, 1.165) is 65.2 Å². The first-order valence-electron chi connectivity index (χ1n) is 12.0. The number of likely N-dealkylation sites (N-methyl/N-ethyl adjacent to an activating group) is 1. The van der Waals surface area contributed by atoms with Crippen molar-refractivity contribution in [1.82, 2.24) is 14.7 Å². The van der Waals surface area contributed by atoms with Gasteiger partial charge in [-0.25, -0.2) is 4.79 Å². The zero-order valence-electron chi connectivity index (χ0n) is 20.2. The number of nitrogens with two attached hydrogens (primary N) is 1. The van der Waals surface area contributed by atoms with Crippen molar-refractivity contribution in [2.75, 3.05) is 46.3 Å². The summed E-state index contributed by atoms with van der Waals surface area (Å²) in [4.78, 5) is 16.4. The Morgan fingerprint density at radius 3 is 2.03 bits per heavy atom. The van der Waals surface area contributed by atoms with Gasteiger partial charge in [-0.2, -0.15) is 13.2 Å². The van der Waals surface area contributed by atoms with Gasteiger partial charge in [-0.1, -0.05) is 48.5 Å². The minimum atomic E-state index is -5.08. The molecule has 2 aliphatic heterocycles. The van der Waals surface area contributed by atoms with Crippen LogP contribution in [0.4, 0.5) is 13.2 Å². The van der Waals surface area contributed by atoms with Crippen LogP contribution in [0.25, 0.3) is 11.1 Å². The van der Waals surface area contributed by atoms with Gasteiger partial charge in [-0.3, -0.25) is 9.80 Å². The number of hydrogen-bond acceptors (Lipinski definition) is 5. The molecule has 4 rings (SSSR count). The number of likely N-dealkylation sites (tertiary alicyclic amines) is 1. The number of benzene rings is 2. The number of carboxylic acid groups (broad SMARTS) is 1. The molecule has 6 nitrogen and oxygen atoms in total. The molecule has 2 aromatic rings. The molecule has 0 spiro atoms. The average Bonchev–Trinajstić information content (AvgIpc) is 2.83. The van der Waals surface area contributed by atoms with Crippen LogP contribution in [0, 0.1) is 0 Å². The highest BCUT2D eigenvalue weighted by Gasteiger charge is 2.38. The maximum absolute atomic E-state index is 10.6. The second kappa shape index (κ2) is 12.5. The molecule has 0 radical (unpaired) electrons. The number of halogens is 3. The summed E-state index contributed by atoms with van der Waals surface area (Å²) in [5.74, 6) is -2.76. The van der Waals surface area contributed by atoms with Gasteiger partial charge in [0.15, 0.2) is 0 Å². The highest BCUT2D eigenvalue weighted by molar-refractivity contribution is 5.73. The van der Waals surface area contributed by atoms with Gasteiger partial charge in [0.25, 0.3) is 0 Å². The number of piperazine rings is 1. The molecule has 0 aromatic heterocycles. The van der Waals surface area contributed by atoms with Crippen LogP contribution in [-0.2, 0) is 17.9 Å². The van der Waals surface area contributed by atoms with E-state index < -0.39 is 12.1 Å². The van der Waals surface area contributed by atoms with Gasteiger partial charge in [-0.15, -0.1) is 0 Å². The SMILES string of the molecule is CN1CCN(Cc2ccccc2-c2ccc(CN3CCC(N)CC3)cc2)CC1.O=C(O)C(F)(F)F. The molecule has 2 saturated heterocycles. The van der Waals surface area contributed by atoms with E-state index in [1.807, 2.05) is 0 Å². The number of nitrogens with zero attached hydrogens (tertiary/aromatic N) is 3. The third kappa shape index (κ3) is 8.61. The second-order valence-electron chi connectivity index (χ2n) is 9.35. The lowest BCUT2D eigenvalue weighted by atomic mass is 9.97. The standard InChI is InChI=1S/C24H34N4.C2HF3O2/c1-26-14-16-28(17-15-26)19-22-4-2-3-5-24(22)21-8-6-20(7-9-21)18-27-12-10-23(25)11-13-27;3-2(4,5)1(6)7/h2-9,23H,10-19,25H2,1H3;(H,6,7). The molecule has 0 saturated carbocycles. The number of carboxylic acids is 1. The maximum atomic E-state index is 10.6. The number of aliphatic carboxylic acids is 1. The molecule has 0 unspecified atom stereocenters. The van der Waals surface area contributed by atoms with E-state index in [2.05, 4.69) is 70.3 Å². The molecule has 0 aliphatic carbocycles. The van der Waals surface area contributed by atoms with Crippen LogP contribution in [0.3, 0.4) is 0 Å². The topological polar surface area (TPSA) is 73.0 Å². The Morgan fingerprint density at radius 2 is 1.46 bits per heavy atom. The first-order chi connectivity index (χ1) is 16.6. The van der Waals surface area contributed by atoms with Gasteiger partial charge in [0.2, 0.25) is 0 Å². The lowest BCUT2D eigenvalue weighted by Crippen LogP contribution is -2.43. The van der Waals surface area contributed by atoms with Crippen LogP contribution in [0.15, 0.2) is 48.5 Å². The third-order valence-corrected chi connectivity index (χ3v) is 6.55. The summed E-state index contributed by atoms with van der Waals surface area (Å²) in [6.07, 6.45) is -2.84. The predicted molar refractivity (Wildman–Crippen MR) is 131 cm³/mol. The number of piperidine rings is 1. The highest BCUT2D eigenvalue weighted by atomic mass is 19.4. The quantitative estimate of drug-likeness (QED) is 0.664. The van der Waals surface area contributed by atoms with Gasteiger partial charge < -0.3 is 15.7 Å². The van der Waals surface area contributed by atoms with Gasteiger partial charge in [0.05, 0.1) is 0 Å². The van der Waals surface area contributed by atoms with Gasteiger partial charge in [0, 0.05) is 45.3 Å². The van der Waals surface area contributed by atoms with Crippen molar-refractivity contribution in [2.24, 2.45) is 5.73 Å². The van der Waals surface area contributed by atoms with Crippen molar-refractivity contribution < 1.29 is 23.1 Å². The molecule has 2 heterocycles. The fourth-order valence-electron chi connectivity index (χ4n) is 4.35. The fourth-order valence-corrected chi connectivity index (χ4v) is 4.35.